The minimum absolute atomic E-state index is 0.0534. The summed E-state index contributed by atoms with van der Waals surface area (Å²) >= 11 is 0. The van der Waals surface area contributed by atoms with E-state index in [0.717, 1.165) is 4.31 Å². The van der Waals surface area contributed by atoms with Gasteiger partial charge in [0.2, 0.25) is 20.0 Å². The van der Waals surface area contributed by atoms with Gasteiger partial charge in [-0.25, -0.2) is 21.1 Å². The molecule has 1 N–H and O–H groups in total. The fraction of sp³-hybridized carbons (Fsp3) is 0.381. The Morgan fingerprint density at radius 2 is 1.59 bits per heavy atom. The lowest BCUT2D eigenvalue weighted by Crippen LogP contribution is -2.41. The van der Waals surface area contributed by atoms with Crippen molar-refractivity contribution in [2.75, 3.05) is 40.4 Å². The second-order valence-corrected chi connectivity index (χ2v) is 11.6. The van der Waals surface area contributed by atoms with Gasteiger partial charge in [-0.05, 0) is 36.8 Å². The highest BCUT2D eigenvalue weighted by Crippen LogP contribution is 2.23. The molecule has 1 atom stereocenters. The number of sulfonamides is 2. The van der Waals surface area contributed by atoms with Crippen LogP contribution in [0.3, 0.4) is 0 Å². The quantitative estimate of drug-likeness (QED) is 0.640. The van der Waals surface area contributed by atoms with Crippen LogP contribution in [0.5, 0.6) is 0 Å². The fourth-order valence-electron chi connectivity index (χ4n) is 3.30. The molecule has 174 valence electrons. The summed E-state index contributed by atoms with van der Waals surface area (Å²) in [6.45, 7) is 2.83. The highest BCUT2D eigenvalue weighted by molar-refractivity contribution is 7.89. The first-order chi connectivity index (χ1) is 15.0. The SMILES string of the molecule is CC(NC(=O)c1ccccc1S(=O)(=O)N1CCOCC1)c1ccc(S(=O)(=O)N(C)C)cc1. The molecule has 2 aromatic carbocycles. The van der Waals surface area contributed by atoms with E-state index in [1.807, 2.05) is 0 Å². The molecule has 0 aromatic heterocycles. The van der Waals surface area contributed by atoms with Gasteiger partial charge in [-0.1, -0.05) is 24.3 Å². The van der Waals surface area contributed by atoms with Gasteiger partial charge in [0.1, 0.15) is 0 Å². The van der Waals surface area contributed by atoms with Crippen molar-refractivity contribution in [3.05, 3.63) is 59.7 Å². The molecule has 1 fully saturated rings. The molecule has 1 aliphatic rings. The van der Waals surface area contributed by atoms with Crippen LogP contribution >= 0.6 is 0 Å². The van der Waals surface area contributed by atoms with Gasteiger partial charge in [0.05, 0.1) is 34.6 Å². The summed E-state index contributed by atoms with van der Waals surface area (Å²) in [4.78, 5) is 13.1. The number of benzene rings is 2. The molecule has 1 aliphatic heterocycles. The predicted molar refractivity (Wildman–Crippen MR) is 119 cm³/mol. The van der Waals surface area contributed by atoms with Gasteiger partial charge in [-0.2, -0.15) is 4.31 Å². The van der Waals surface area contributed by atoms with E-state index in [4.69, 9.17) is 4.74 Å². The summed E-state index contributed by atoms with van der Waals surface area (Å²) in [5.74, 6) is -0.532. The standard InChI is InChI=1S/C21H27N3O6S2/c1-16(17-8-10-18(11-9-17)31(26,27)23(2)3)22-21(25)19-6-4-5-7-20(19)32(28,29)24-12-14-30-15-13-24/h4-11,16H,12-15H2,1-3H3,(H,22,25). The van der Waals surface area contributed by atoms with Crippen molar-refractivity contribution in [2.24, 2.45) is 0 Å². The highest BCUT2D eigenvalue weighted by atomic mass is 32.2. The van der Waals surface area contributed by atoms with E-state index in [0.29, 0.717) is 18.8 Å². The van der Waals surface area contributed by atoms with Crippen LogP contribution in [0, 0.1) is 0 Å². The summed E-state index contributed by atoms with van der Waals surface area (Å²) < 4.78 is 58.3. The molecule has 2 aromatic rings. The van der Waals surface area contributed by atoms with Crippen LogP contribution in [0.1, 0.15) is 28.9 Å². The van der Waals surface area contributed by atoms with E-state index < -0.39 is 32.0 Å². The van der Waals surface area contributed by atoms with Gasteiger partial charge < -0.3 is 10.1 Å². The Hall–Kier alpha value is -2.31. The second-order valence-electron chi connectivity index (χ2n) is 7.56. The topological polar surface area (TPSA) is 113 Å². The molecule has 1 amide bonds. The molecule has 0 aliphatic carbocycles. The molecular weight excluding hydrogens is 454 g/mol. The summed E-state index contributed by atoms with van der Waals surface area (Å²) in [5, 5.41) is 2.80. The number of ether oxygens (including phenoxy) is 1. The molecule has 9 nitrogen and oxygen atoms in total. The monoisotopic (exact) mass is 481 g/mol. The Kier molecular flexibility index (Phi) is 7.36. The van der Waals surface area contributed by atoms with Gasteiger partial charge in [0.15, 0.2) is 0 Å². The van der Waals surface area contributed by atoms with E-state index in [1.54, 1.807) is 31.2 Å². The van der Waals surface area contributed by atoms with Crippen LogP contribution in [0.4, 0.5) is 0 Å². The smallest absolute Gasteiger partial charge is 0.253 e. The molecule has 0 radical (unpaired) electrons. The van der Waals surface area contributed by atoms with Crippen LogP contribution in [0.15, 0.2) is 58.3 Å². The number of carbonyl (C=O) groups excluding carboxylic acids is 1. The molecule has 32 heavy (non-hydrogen) atoms. The molecule has 0 saturated carbocycles. The minimum atomic E-state index is -3.85. The number of rotatable bonds is 7. The summed E-state index contributed by atoms with van der Waals surface area (Å²) in [7, 11) is -4.49. The first-order valence-corrected chi connectivity index (χ1v) is 12.9. The zero-order valence-electron chi connectivity index (χ0n) is 18.2. The van der Waals surface area contributed by atoms with Gasteiger partial charge in [0.25, 0.3) is 5.91 Å². The first-order valence-electron chi connectivity index (χ1n) is 10.1. The van der Waals surface area contributed by atoms with Gasteiger partial charge in [-0.3, -0.25) is 4.79 Å². The van der Waals surface area contributed by atoms with Gasteiger partial charge in [0, 0.05) is 27.2 Å². The Morgan fingerprint density at radius 3 is 2.19 bits per heavy atom. The summed E-state index contributed by atoms with van der Waals surface area (Å²) in [6.07, 6.45) is 0. The third kappa shape index (κ3) is 5.02. The van der Waals surface area contributed by atoms with Crippen LogP contribution < -0.4 is 5.32 Å². The first kappa shape index (κ1) is 24.3. The lowest BCUT2D eigenvalue weighted by molar-refractivity contribution is 0.0729. The van der Waals surface area contributed by atoms with Crippen molar-refractivity contribution >= 4 is 26.0 Å². The summed E-state index contributed by atoms with van der Waals surface area (Å²) in [5.41, 5.74) is 0.738. The molecular formula is C21H27N3O6S2. The Labute approximate surface area is 189 Å². The molecule has 1 saturated heterocycles. The van der Waals surface area contributed by atoms with E-state index in [-0.39, 0.29) is 28.4 Å². The van der Waals surface area contributed by atoms with Crippen LogP contribution in [-0.2, 0) is 24.8 Å². The molecule has 0 spiro atoms. The highest BCUT2D eigenvalue weighted by Gasteiger charge is 2.30. The number of hydrogen-bond acceptors (Lipinski definition) is 6. The maximum Gasteiger partial charge on any atom is 0.253 e. The number of carbonyl (C=O) groups is 1. The normalized spacial score (nSPS) is 16.6. The molecule has 11 heteroatoms. The predicted octanol–water partition coefficient (Wildman–Crippen LogP) is 1.45. The zero-order valence-corrected chi connectivity index (χ0v) is 19.8. The van der Waals surface area contributed by atoms with Crippen molar-refractivity contribution in [1.29, 1.82) is 0 Å². The Morgan fingerprint density at radius 1 is 1.00 bits per heavy atom. The minimum Gasteiger partial charge on any atom is -0.379 e. The zero-order chi connectivity index (χ0) is 23.5. The third-order valence-electron chi connectivity index (χ3n) is 5.23. The average Bonchev–Trinajstić information content (AvgIpc) is 2.79. The fourth-order valence-corrected chi connectivity index (χ4v) is 5.80. The van der Waals surface area contributed by atoms with Crippen molar-refractivity contribution in [3.8, 4) is 0 Å². The van der Waals surface area contributed by atoms with Crippen LogP contribution in [0.25, 0.3) is 0 Å². The Balaban J connectivity index is 1.81. The number of nitrogens with zero attached hydrogens (tertiary/aromatic N) is 2. The van der Waals surface area contributed by atoms with Gasteiger partial charge >= 0.3 is 0 Å². The van der Waals surface area contributed by atoms with Crippen molar-refractivity contribution in [2.45, 2.75) is 22.8 Å². The Bertz CT molecular complexity index is 1170. The van der Waals surface area contributed by atoms with E-state index in [1.165, 1.54) is 42.7 Å². The number of morpholine rings is 1. The van der Waals surface area contributed by atoms with Crippen LogP contribution in [0.2, 0.25) is 0 Å². The maximum absolute atomic E-state index is 13.1. The largest absolute Gasteiger partial charge is 0.379 e. The second kappa shape index (κ2) is 9.67. The molecule has 3 rings (SSSR count). The van der Waals surface area contributed by atoms with Gasteiger partial charge in [-0.15, -0.1) is 0 Å². The summed E-state index contributed by atoms with van der Waals surface area (Å²) in [6, 6.07) is 11.8. The number of hydrogen-bond donors (Lipinski definition) is 1. The molecule has 1 unspecified atom stereocenters. The number of amides is 1. The lowest BCUT2D eigenvalue weighted by atomic mass is 10.1. The average molecular weight is 482 g/mol. The maximum atomic E-state index is 13.1. The van der Waals surface area contributed by atoms with E-state index >= 15 is 0 Å². The van der Waals surface area contributed by atoms with Crippen molar-refractivity contribution in [1.82, 2.24) is 13.9 Å². The van der Waals surface area contributed by atoms with Crippen molar-refractivity contribution in [3.63, 3.8) is 0 Å². The number of nitrogens with one attached hydrogen (secondary N) is 1. The van der Waals surface area contributed by atoms with E-state index in [9.17, 15) is 21.6 Å². The van der Waals surface area contributed by atoms with Crippen LogP contribution in [-0.4, -0.2) is 71.8 Å². The lowest BCUT2D eigenvalue weighted by Gasteiger charge is -2.27. The van der Waals surface area contributed by atoms with E-state index in [2.05, 4.69) is 5.32 Å². The van der Waals surface area contributed by atoms with Crippen molar-refractivity contribution < 1.29 is 26.4 Å². The third-order valence-corrected chi connectivity index (χ3v) is 9.01. The molecule has 1 heterocycles. The molecule has 0 bridgehead atoms.